The van der Waals surface area contributed by atoms with Gasteiger partial charge in [-0.15, -0.1) is 16.7 Å². The maximum atomic E-state index is 13.4. The molecule has 0 bridgehead atoms. The van der Waals surface area contributed by atoms with E-state index >= 15 is 0 Å². The minimum absolute atomic E-state index is 0.162. The number of hydrogen-bond donors (Lipinski definition) is 0. The molecule has 0 saturated heterocycles. The van der Waals surface area contributed by atoms with Crippen LogP contribution in [0.1, 0.15) is 10.4 Å². The predicted molar refractivity (Wildman–Crippen MR) is 114 cm³/mol. The number of fused-ring (bicyclic) bond motifs is 1. The first kappa shape index (κ1) is 19.9. The molecular formula is C22H19N2O5S+. The van der Waals surface area contributed by atoms with E-state index < -0.39 is 11.3 Å². The first-order valence-corrected chi connectivity index (χ1v) is 10.1. The molecule has 0 N–H and O–H groups in total. The van der Waals surface area contributed by atoms with E-state index in [1.165, 1.54) is 30.6 Å². The van der Waals surface area contributed by atoms with Crippen LogP contribution in [0.3, 0.4) is 0 Å². The van der Waals surface area contributed by atoms with Crippen molar-refractivity contribution in [2.24, 2.45) is 0 Å². The minimum atomic E-state index is -0.594. The molecule has 1 atom stereocenters. The van der Waals surface area contributed by atoms with Crippen LogP contribution in [0.25, 0.3) is 0 Å². The Kier molecular flexibility index (Phi) is 5.41. The molecule has 0 spiro atoms. The maximum absolute atomic E-state index is 13.4. The number of nitrogens with zero attached hydrogens (tertiary/aromatic N) is 2. The SMILES string of the molecule is COc1cc(OC)cc(N2C(=O)C3SC=CC3=[N+](CC(=O)c3ccccc3)C2=O)c1. The van der Waals surface area contributed by atoms with E-state index in [4.69, 9.17) is 9.47 Å². The molecule has 2 aliphatic heterocycles. The topological polar surface area (TPSA) is 75.9 Å². The Morgan fingerprint density at radius 1 is 1.07 bits per heavy atom. The van der Waals surface area contributed by atoms with Crippen molar-refractivity contribution < 1.29 is 28.4 Å². The number of carbonyl (C=O) groups is 3. The second kappa shape index (κ2) is 8.16. The first-order valence-electron chi connectivity index (χ1n) is 9.19. The van der Waals surface area contributed by atoms with Gasteiger partial charge in [0.15, 0.2) is 11.8 Å². The lowest BCUT2D eigenvalue weighted by Gasteiger charge is -2.24. The van der Waals surface area contributed by atoms with Gasteiger partial charge >= 0.3 is 11.9 Å². The number of ketones is 1. The lowest BCUT2D eigenvalue weighted by atomic mass is 10.1. The zero-order valence-corrected chi connectivity index (χ0v) is 17.2. The van der Waals surface area contributed by atoms with Gasteiger partial charge in [-0.05, 0) is 11.5 Å². The quantitative estimate of drug-likeness (QED) is 0.525. The van der Waals surface area contributed by atoms with Gasteiger partial charge in [-0.2, -0.15) is 9.37 Å². The van der Waals surface area contributed by atoms with E-state index in [0.717, 1.165) is 4.90 Å². The molecule has 2 aromatic rings. The molecule has 8 heteroatoms. The van der Waals surface area contributed by atoms with Crippen molar-refractivity contribution in [3.63, 3.8) is 0 Å². The number of carbonyl (C=O) groups excluding carboxylic acids is 3. The lowest BCUT2D eigenvalue weighted by molar-refractivity contribution is -0.412. The Balaban J connectivity index is 1.75. The number of hydrogen-bond acceptors (Lipinski definition) is 6. The monoisotopic (exact) mass is 423 g/mol. The third-order valence-corrected chi connectivity index (χ3v) is 5.90. The van der Waals surface area contributed by atoms with Crippen LogP contribution in [0.5, 0.6) is 11.5 Å². The number of methoxy groups -OCH3 is 2. The Hall–Kier alpha value is -3.39. The normalized spacial score (nSPS) is 17.9. The van der Waals surface area contributed by atoms with Crippen molar-refractivity contribution in [3.8, 4) is 11.5 Å². The first-order chi connectivity index (χ1) is 14.5. The number of imide groups is 1. The van der Waals surface area contributed by atoms with Gasteiger partial charge in [-0.3, -0.25) is 4.79 Å². The molecule has 7 nitrogen and oxygen atoms in total. The standard InChI is InChI=1S/C22H19N2O5S/c1-28-16-10-15(11-17(12-16)29-2)24-21(26)20-18(8-9-30-20)23(22(24)27)13-19(25)14-6-4-3-5-7-14/h3-12,20H,13H2,1-2H3/q+1. The Bertz CT molecular complexity index is 1070. The largest absolute Gasteiger partial charge is 0.506 e. The zero-order valence-electron chi connectivity index (χ0n) is 16.4. The van der Waals surface area contributed by atoms with Crippen LogP contribution < -0.4 is 14.4 Å². The highest BCUT2D eigenvalue weighted by Crippen LogP contribution is 2.34. The van der Waals surface area contributed by atoms with Crippen molar-refractivity contribution in [1.82, 2.24) is 0 Å². The second-order valence-corrected chi connectivity index (χ2v) is 7.66. The van der Waals surface area contributed by atoms with E-state index in [1.54, 1.807) is 53.9 Å². The van der Waals surface area contributed by atoms with E-state index in [1.807, 2.05) is 6.07 Å². The van der Waals surface area contributed by atoms with Crippen LogP contribution in [0.2, 0.25) is 0 Å². The van der Waals surface area contributed by atoms with Crippen LogP contribution >= 0.6 is 11.8 Å². The molecule has 0 radical (unpaired) electrons. The van der Waals surface area contributed by atoms with Crippen LogP contribution in [0.15, 0.2) is 60.0 Å². The molecule has 2 aliphatic rings. The number of thioether (sulfide) groups is 1. The van der Waals surface area contributed by atoms with Gasteiger partial charge in [0.05, 0.1) is 14.2 Å². The van der Waals surface area contributed by atoms with Gasteiger partial charge in [0.1, 0.15) is 22.9 Å². The Labute approximate surface area is 177 Å². The van der Waals surface area contributed by atoms with Crippen molar-refractivity contribution in [2.75, 3.05) is 25.7 Å². The summed E-state index contributed by atoms with van der Waals surface area (Å²) in [4.78, 5) is 40.4. The van der Waals surface area contributed by atoms with Crippen LogP contribution in [0, 0.1) is 0 Å². The molecule has 0 fully saturated rings. The van der Waals surface area contributed by atoms with Crippen molar-refractivity contribution in [2.45, 2.75) is 5.25 Å². The molecule has 3 amide bonds. The number of anilines is 1. The molecule has 0 saturated carbocycles. The highest BCUT2D eigenvalue weighted by molar-refractivity contribution is 8.04. The summed E-state index contributed by atoms with van der Waals surface area (Å²) in [5.74, 6) is 0.314. The molecule has 30 heavy (non-hydrogen) atoms. The van der Waals surface area contributed by atoms with Crippen LogP contribution in [-0.2, 0) is 4.79 Å². The van der Waals surface area contributed by atoms with Gasteiger partial charge in [0.2, 0.25) is 5.78 Å². The summed E-state index contributed by atoms with van der Waals surface area (Å²) in [6.07, 6.45) is 1.72. The Morgan fingerprint density at radius 2 is 1.73 bits per heavy atom. The highest BCUT2D eigenvalue weighted by Gasteiger charge is 2.50. The molecule has 0 aromatic heterocycles. The third-order valence-electron chi connectivity index (χ3n) is 4.89. The number of amides is 3. The number of Topliss-reactive ketones (excluding diaryl/α,β-unsaturated/α-hetero) is 1. The van der Waals surface area contributed by atoms with E-state index in [-0.39, 0.29) is 18.2 Å². The molecule has 4 rings (SSSR count). The van der Waals surface area contributed by atoms with Gasteiger partial charge in [0, 0.05) is 23.8 Å². The van der Waals surface area contributed by atoms with Crippen molar-refractivity contribution in [3.05, 3.63) is 65.6 Å². The van der Waals surface area contributed by atoms with E-state index in [9.17, 15) is 14.4 Å². The lowest BCUT2D eigenvalue weighted by Crippen LogP contribution is -2.56. The van der Waals surface area contributed by atoms with Gasteiger partial charge in [-0.1, -0.05) is 30.3 Å². The number of urea groups is 1. The fourth-order valence-corrected chi connectivity index (χ4v) is 4.32. The molecule has 2 heterocycles. The summed E-state index contributed by atoms with van der Waals surface area (Å²) in [5.41, 5.74) is 1.35. The molecule has 1 unspecified atom stereocenters. The minimum Gasteiger partial charge on any atom is -0.496 e. The predicted octanol–water partition coefficient (Wildman–Crippen LogP) is 3.14. The fraction of sp³-hybridized carbons (Fsp3) is 0.182. The third kappa shape index (κ3) is 3.50. The van der Waals surface area contributed by atoms with Gasteiger partial charge < -0.3 is 9.47 Å². The number of rotatable bonds is 6. The van der Waals surface area contributed by atoms with Crippen LogP contribution in [-0.4, -0.2) is 54.0 Å². The smallest absolute Gasteiger partial charge is 0.496 e. The van der Waals surface area contributed by atoms with Gasteiger partial charge in [-0.25, -0.2) is 4.79 Å². The number of ether oxygens (including phenoxy) is 2. The zero-order chi connectivity index (χ0) is 21.3. The summed E-state index contributed by atoms with van der Waals surface area (Å²) >= 11 is 1.30. The van der Waals surface area contributed by atoms with E-state index in [2.05, 4.69) is 0 Å². The molecule has 152 valence electrons. The second-order valence-electron chi connectivity index (χ2n) is 6.65. The molecule has 2 aromatic carbocycles. The summed E-state index contributed by atoms with van der Waals surface area (Å²) in [6.45, 7) is -0.162. The number of benzene rings is 2. The highest BCUT2D eigenvalue weighted by atomic mass is 32.2. The average Bonchev–Trinajstić information content (AvgIpc) is 3.27. The van der Waals surface area contributed by atoms with Gasteiger partial charge in [0.25, 0.3) is 0 Å². The van der Waals surface area contributed by atoms with Crippen LogP contribution in [0.4, 0.5) is 10.5 Å². The average molecular weight is 423 g/mol. The summed E-state index contributed by atoms with van der Waals surface area (Å²) in [6, 6.07) is 13.0. The van der Waals surface area contributed by atoms with Crippen molar-refractivity contribution >= 4 is 40.9 Å². The fourth-order valence-electron chi connectivity index (χ4n) is 3.38. The summed E-state index contributed by atoms with van der Waals surface area (Å²) < 4.78 is 11.9. The van der Waals surface area contributed by atoms with E-state index in [0.29, 0.717) is 28.5 Å². The molecule has 0 aliphatic carbocycles. The maximum Gasteiger partial charge on any atom is 0.506 e. The summed E-state index contributed by atoms with van der Waals surface area (Å²) in [5, 5.41) is 1.17. The number of allylic oxidation sites excluding steroid dienone is 1. The summed E-state index contributed by atoms with van der Waals surface area (Å²) in [7, 11) is 2.98. The molecular weight excluding hydrogens is 404 g/mol. The Morgan fingerprint density at radius 3 is 2.37 bits per heavy atom. The van der Waals surface area contributed by atoms with Crippen molar-refractivity contribution in [1.29, 1.82) is 0 Å².